The van der Waals surface area contributed by atoms with Crippen molar-refractivity contribution in [2.75, 3.05) is 30.4 Å². The van der Waals surface area contributed by atoms with Crippen molar-refractivity contribution in [3.63, 3.8) is 0 Å². The zero-order valence-electron chi connectivity index (χ0n) is 12.9. The van der Waals surface area contributed by atoms with Gasteiger partial charge in [-0.25, -0.2) is 0 Å². The van der Waals surface area contributed by atoms with Crippen molar-refractivity contribution >= 4 is 11.9 Å². The lowest BCUT2D eigenvalue weighted by Gasteiger charge is -2.18. The molecule has 112 valence electrons. The average Bonchev–Trinajstić information content (AvgIpc) is 2.86. The van der Waals surface area contributed by atoms with Gasteiger partial charge in [0.15, 0.2) is 0 Å². The van der Waals surface area contributed by atoms with Gasteiger partial charge in [0.2, 0.25) is 11.9 Å². The Balaban J connectivity index is 2.14. The Kier molecular flexibility index (Phi) is 4.98. The quantitative estimate of drug-likeness (QED) is 0.862. The maximum Gasteiger partial charge on any atom is 0.323 e. The standard InChI is InChI=1S/C14H25N5O/c1-5-6-11-7-8-19(9-11)13-16-12(15-4)17-14(18-13)20-10(2)3/h10-11H,5-9H2,1-4H3,(H,15,16,17,18). The summed E-state index contributed by atoms with van der Waals surface area (Å²) in [6.45, 7) is 8.21. The van der Waals surface area contributed by atoms with Gasteiger partial charge >= 0.3 is 6.01 Å². The second-order valence-electron chi connectivity index (χ2n) is 5.55. The van der Waals surface area contributed by atoms with E-state index in [1.165, 1.54) is 19.3 Å². The molecule has 0 radical (unpaired) electrons. The van der Waals surface area contributed by atoms with E-state index >= 15 is 0 Å². The van der Waals surface area contributed by atoms with Crippen molar-refractivity contribution in [3.8, 4) is 6.01 Å². The Morgan fingerprint density at radius 1 is 1.35 bits per heavy atom. The number of ether oxygens (including phenoxy) is 1. The average molecular weight is 279 g/mol. The van der Waals surface area contributed by atoms with Crippen LogP contribution < -0.4 is 15.0 Å². The van der Waals surface area contributed by atoms with Gasteiger partial charge in [-0.05, 0) is 32.6 Å². The third-order valence-corrected chi connectivity index (χ3v) is 3.43. The van der Waals surface area contributed by atoms with Crippen LogP contribution in [0.25, 0.3) is 0 Å². The molecule has 0 amide bonds. The fourth-order valence-corrected chi connectivity index (χ4v) is 2.52. The number of nitrogens with one attached hydrogen (secondary N) is 1. The summed E-state index contributed by atoms with van der Waals surface area (Å²) in [4.78, 5) is 15.4. The largest absolute Gasteiger partial charge is 0.461 e. The van der Waals surface area contributed by atoms with Gasteiger partial charge in [0, 0.05) is 20.1 Å². The first-order chi connectivity index (χ1) is 9.62. The van der Waals surface area contributed by atoms with Crippen LogP contribution >= 0.6 is 0 Å². The summed E-state index contributed by atoms with van der Waals surface area (Å²) in [5.41, 5.74) is 0. The molecular weight excluding hydrogens is 254 g/mol. The number of hydrogen-bond acceptors (Lipinski definition) is 6. The molecule has 1 unspecified atom stereocenters. The highest BCUT2D eigenvalue weighted by Crippen LogP contribution is 2.25. The topological polar surface area (TPSA) is 63.2 Å². The first kappa shape index (κ1) is 14.8. The zero-order valence-corrected chi connectivity index (χ0v) is 12.9. The van der Waals surface area contributed by atoms with Crippen LogP contribution in [0.3, 0.4) is 0 Å². The predicted octanol–water partition coefficient (Wildman–Crippen LogP) is 2.33. The summed E-state index contributed by atoms with van der Waals surface area (Å²) in [7, 11) is 1.81. The Labute approximate surface area is 121 Å². The van der Waals surface area contributed by atoms with Crippen LogP contribution in [-0.2, 0) is 0 Å². The van der Waals surface area contributed by atoms with E-state index in [1.807, 2.05) is 20.9 Å². The number of anilines is 2. The van der Waals surface area contributed by atoms with Gasteiger partial charge in [-0.3, -0.25) is 0 Å². The third-order valence-electron chi connectivity index (χ3n) is 3.43. The summed E-state index contributed by atoms with van der Waals surface area (Å²) in [6.07, 6.45) is 3.78. The van der Waals surface area contributed by atoms with Crippen LogP contribution in [-0.4, -0.2) is 41.2 Å². The van der Waals surface area contributed by atoms with E-state index in [4.69, 9.17) is 4.74 Å². The predicted molar refractivity (Wildman–Crippen MR) is 80.4 cm³/mol. The minimum Gasteiger partial charge on any atom is -0.461 e. The molecule has 1 aliphatic heterocycles. The Morgan fingerprint density at radius 3 is 2.80 bits per heavy atom. The molecule has 2 heterocycles. The normalized spacial score (nSPS) is 18.6. The first-order valence-corrected chi connectivity index (χ1v) is 7.47. The van der Waals surface area contributed by atoms with Crippen molar-refractivity contribution in [2.24, 2.45) is 5.92 Å². The van der Waals surface area contributed by atoms with Gasteiger partial charge in [0.25, 0.3) is 0 Å². The molecule has 6 heteroatoms. The SMILES string of the molecule is CCCC1CCN(c2nc(NC)nc(OC(C)C)n2)C1. The lowest BCUT2D eigenvalue weighted by Crippen LogP contribution is -2.23. The van der Waals surface area contributed by atoms with Crippen LogP contribution in [0.2, 0.25) is 0 Å². The Hall–Kier alpha value is -1.59. The maximum absolute atomic E-state index is 5.60. The van der Waals surface area contributed by atoms with Crippen LogP contribution in [0.5, 0.6) is 6.01 Å². The summed E-state index contributed by atoms with van der Waals surface area (Å²) < 4.78 is 5.60. The number of hydrogen-bond donors (Lipinski definition) is 1. The summed E-state index contributed by atoms with van der Waals surface area (Å²) >= 11 is 0. The van der Waals surface area contributed by atoms with Gasteiger partial charge in [-0.1, -0.05) is 13.3 Å². The van der Waals surface area contributed by atoms with Crippen molar-refractivity contribution in [1.29, 1.82) is 0 Å². The molecule has 1 atom stereocenters. The lowest BCUT2D eigenvalue weighted by atomic mass is 10.0. The second kappa shape index (κ2) is 6.72. The molecule has 1 N–H and O–H groups in total. The van der Waals surface area contributed by atoms with Crippen molar-refractivity contribution in [3.05, 3.63) is 0 Å². The van der Waals surface area contributed by atoms with E-state index in [0.717, 1.165) is 25.0 Å². The highest BCUT2D eigenvalue weighted by molar-refractivity contribution is 5.39. The van der Waals surface area contributed by atoms with Crippen LogP contribution in [0.1, 0.15) is 40.0 Å². The highest BCUT2D eigenvalue weighted by atomic mass is 16.5. The highest BCUT2D eigenvalue weighted by Gasteiger charge is 2.24. The van der Waals surface area contributed by atoms with Gasteiger partial charge in [-0.15, -0.1) is 0 Å². The van der Waals surface area contributed by atoms with Crippen LogP contribution in [0.4, 0.5) is 11.9 Å². The Morgan fingerprint density at radius 2 is 2.15 bits per heavy atom. The van der Waals surface area contributed by atoms with E-state index < -0.39 is 0 Å². The molecule has 0 saturated carbocycles. The Bertz CT molecular complexity index is 438. The van der Waals surface area contributed by atoms with Crippen LogP contribution in [0.15, 0.2) is 0 Å². The van der Waals surface area contributed by atoms with Gasteiger partial charge in [0.1, 0.15) is 0 Å². The molecule has 1 aliphatic rings. The van der Waals surface area contributed by atoms with Gasteiger partial charge < -0.3 is 15.0 Å². The van der Waals surface area contributed by atoms with Gasteiger partial charge in [-0.2, -0.15) is 15.0 Å². The maximum atomic E-state index is 5.60. The molecule has 0 spiro atoms. The minimum absolute atomic E-state index is 0.0568. The summed E-state index contributed by atoms with van der Waals surface area (Å²) in [5, 5.41) is 2.97. The first-order valence-electron chi connectivity index (χ1n) is 7.47. The molecule has 1 aromatic rings. The van der Waals surface area contributed by atoms with Crippen molar-refractivity contribution in [1.82, 2.24) is 15.0 Å². The van der Waals surface area contributed by atoms with Crippen molar-refractivity contribution < 1.29 is 4.74 Å². The minimum atomic E-state index is 0.0568. The van der Waals surface area contributed by atoms with E-state index in [2.05, 4.69) is 32.1 Å². The molecule has 20 heavy (non-hydrogen) atoms. The van der Waals surface area contributed by atoms with E-state index in [1.54, 1.807) is 0 Å². The number of aromatic nitrogens is 3. The summed E-state index contributed by atoms with van der Waals surface area (Å²) in [5.74, 6) is 2.03. The molecule has 1 fully saturated rings. The molecule has 0 bridgehead atoms. The molecule has 1 saturated heterocycles. The monoisotopic (exact) mass is 279 g/mol. The fourth-order valence-electron chi connectivity index (χ4n) is 2.52. The third kappa shape index (κ3) is 3.71. The van der Waals surface area contributed by atoms with E-state index in [9.17, 15) is 0 Å². The zero-order chi connectivity index (χ0) is 14.5. The second-order valence-corrected chi connectivity index (χ2v) is 5.55. The lowest BCUT2D eigenvalue weighted by molar-refractivity contribution is 0.222. The number of rotatable bonds is 6. The van der Waals surface area contributed by atoms with Crippen LogP contribution in [0, 0.1) is 5.92 Å². The van der Waals surface area contributed by atoms with Gasteiger partial charge in [0.05, 0.1) is 6.10 Å². The van der Waals surface area contributed by atoms with E-state index in [0.29, 0.717) is 12.0 Å². The molecular formula is C14H25N5O. The molecule has 0 aromatic carbocycles. The molecule has 6 nitrogen and oxygen atoms in total. The van der Waals surface area contributed by atoms with E-state index in [-0.39, 0.29) is 6.10 Å². The molecule has 1 aromatic heterocycles. The number of nitrogens with zero attached hydrogens (tertiary/aromatic N) is 4. The van der Waals surface area contributed by atoms with Crippen molar-refractivity contribution in [2.45, 2.75) is 46.1 Å². The molecule has 0 aliphatic carbocycles. The fraction of sp³-hybridized carbons (Fsp3) is 0.786. The smallest absolute Gasteiger partial charge is 0.323 e. The summed E-state index contributed by atoms with van der Waals surface area (Å²) in [6, 6.07) is 0.397. The molecule has 2 rings (SSSR count).